The van der Waals surface area contributed by atoms with Gasteiger partial charge in [0, 0.05) is 45.4 Å². The first-order valence-corrected chi connectivity index (χ1v) is 41.7. The van der Waals surface area contributed by atoms with Gasteiger partial charge >= 0.3 is 17.9 Å². The van der Waals surface area contributed by atoms with Crippen molar-refractivity contribution in [2.75, 3.05) is 45.8 Å². The lowest BCUT2D eigenvalue weighted by atomic mass is 10.0. The summed E-state index contributed by atoms with van der Waals surface area (Å²) in [7, 11) is 0. The first kappa shape index (κ1) is 91.3. The predicted octanol–water partition coefficient (Wildman–Crippen LogP) is 22.8. The molecule has 0 unspecified atom stereocenters. The Balaban J connectivity index is 4.95. The molecule has 0 aliphatic rings. The van der Waals surface area contributed by atoms with Crippen LogP contribution in [0.3, 0.4) is 0 Å². The van der Waals surface area contributed by atoms with Crippen molar-refractivity contribution in [3.05, 3.63) is 0 Å². The maximum atomic E-state index is 13.1. The highest BCUT2D eigenvalue weighted by Crippen LogP contribution is 2.23. The molecule has 556 valence electrons. The van der Waals surface area contributed by atoms with E-state index in [1.54, 1.807) is 0 Å². The quantitative estimate of drug-likeness (QED) is 0.0232. The van der Waals surface area contributed by atoms with Crippen molar-refractivity contribution in [1.29, 1.82) is 0 Å². The number of nitrogens with zero attached hydrogens (tertiary/aromatic N) is 1. The van der Waals surface area contributed by atoms with E-state index in [-0.39, 0.29) is 54.5 Å². The van der Waals surface area contributed by atoms with Crippen molar-refractivity contribution >= 4 is 29.7 Å². The third-order valence-electron chi connectivity index (χ3n) is 19.3. The van der Waals surface area contributed by atoms with Crippen LogP contribution in [0.1, 0.15) is 433 Å². The second-order valence-electron chi connectivity index (χ2n) is 28.7. The number of carbonyl (C=O) groups is 5. The number of rotatable bonds is 77. The second-order valence-corrected chi connectivity index (χ2v) is 28.7. The predicted molar refractivity (Wildman–Crippen MR) is 401 cm³/mol. The molecule has 0 saturated heterocycles. The van der Waals surface area contributed by atoms with Crippen LogP contribution in [-0.4, -0.2) is 98.7 Å². The highest BCUT2D eigenvalue weighted by molar-refractivity contribution is 5.96. The molecule has 94 heavy (non-hydrogen) atoms. The number of ether oxygens (including phenoxy) is 3. The van der Waals surface area contributed by atoms with Gasteiger partial charge in [-0.05, 0) is 135 Å². The van der Waals surface area contributed by atoms with E-state index in [4.69, 9.17) is 14.2 Å². The van der Waals surface area contributed by atoms with Crippen molar-refractivity contribution in [2.24, 2.45) is 0 Å². The van der Waals surface area contributed by atoms with E-state index in [0.717, 1.165) is 200 Å². The number of nitrogens with one attached hydrogen (secondary N) is 3. The Morgan fingerprint density at radius 2 is 0.500 bits per heavy atom. The molecule has 0 aromatic carbocycles. The van der Waals surface area contributed by atoms with Gasteiger partial charge in [-0.3, -0.25) is 24.0 Å². The van der Waals surface area contributed by atoms with E-state index in [0.29, 0.717) is 38.9 Å². The summed E-state index contributed by atoms with van der Waals surface area (Å²) in [5, 5.41) is 9.37. The lowest BCUT2D eigenvalue weighted by Gasteiger charge is -2.22. The van der Waals surface area contributed by atoms with Gasteiger partial charge in [0.1, 0.15) is 24.7 Å². The summed E-state index contributed by atoms with van der Waals surface area (Å²) < 4.78 is 18.3. The number of hydrogen-bond donors (Lipinski definition) is 3. The maximum Gasteiger partial charge on any atom is 0.306 e. The number of unbranched alkanes of at least 4 members (excludes halogenated alkanes) is 42. The van der Waals surface area contributed by atoms with Crippen LogP contribution in [-0.2, 0) is 38.2 Å². The van der Waals surface area contributed by atoms with Gasteiger partial charge in [0.15, 0.2) is 0 Å². The molecule has 12 nitrogen and oxygen atoms in total. The molecule has 0 fully saturated rings. The largest absolute Gasteiger partial charge is 0.462 e. The van der Waals surface area contributed by atoms with Gasteiger partial charge in [-0.15, -0.1) is 0 Å². The van der Waals surface area contributed by atoms with E-state index >= 15 is 0 Å². The van der Waals surface area contributed by atoms with Crippen molar-refractivity contribution in [3.8, 4) is 0 Å². The molecule has 0 aromatic rings. The molecule has 0 atom stereocenters. The molecule has 0 rings (SSSR count). The van der Waals surface area contributed by atoms with E-state index in [9.17, 15) is 24.0 Å². The Bertz CT molecular complexity index is 1520. The van der Waals surface area contributed by atoms with Crippen LogP contribution < -0.4 is 16.0 Å². The van der Waals surface area contributed by atoms with Crippen LogP contribution in [0.5, 0.6) is 0 Å². The number of hydrogen-bond acceptors (Lipinski definition) is 10. The average molecular weight is 1330 g/mol. The Kier molecular flexibility index (Phi) is 72.3. The topological polar surface area (TPSA) is 152 Å². The minimum absolute atomic E-state index is 0.0156. The number of carbonyl (C=O) groups excluding carboxylic acids is 5. The molecule has 2 amide bonds. The lowest BCUT2D eigenvalue weighted by molar-refractivity contribution is -0.151. The lowest BCUT2D eigenvalue weighted by Crippen LogP contribution is -2.39. The molecule has 0 aliphatic heterocycles. The monoisotopic (exact) mass is 1330 g/mol. The van der Waals surface area contributed by atoms with Crippen LogP contribution in [0.4, 0.5) is 0 Å². The summed E-state index contributed by atoms with van der Waals surface area (Å²) in [6.45, 7) is 18.7. The molecule has 0 radical (unpaired) electrons. The number of amides is 2. The molecule has 0 bridgehead atoms. The van der Waals surface area contributed by atoms with Crippen LogP contribution in [0.2, 0.25) is 0 Å². The first-order chi connectivity index (χ1) is 46.1. The van der Waals surface area contributed by atoms with Crippen molar-refractivity contribution in [1.82, 2.24) is 20.9 Å². The molecule has 12 heteroatoms. The van der Waals surface area contributed by atoms with Crippen LogP contribution in [0, 0.1) is 0 Å². The van der Waals surface area contributed by atoms with Crippen molar-refractivity contribution in [3.63, 3.8) is 0 Å². The third kappa shape index (κ3) is 67.8. The molecule has 0 aliphatic carbocycles. The maximum absolute atomic E-state index is 13.1. The Morgan fingerprint density at radius 3 is 0.798 bits per heavy atom. The fourth-order valence-corrected chi connectivity index (χ4v) is 13.1. The Labute approximate surface area is 583 Å². The molecule has 3 N–H and O–H groups in total. The summed E-state index contributed by atoms with van der Waals surface area (Å²) in [6, 6.07) is 0. The van der Waals surface area contributed by atoms with E-state index in [2.05, 4.69) is 62.4 Å². The third-order valence-corrected chi connectivity index (χ3v) is 19.3. The zero-order valence-electron chi connectivity index (χ0n) is 63.5. The Morgan fingerprint density at radius 1 is 0.255 bits per heavy atom. The van der Waals surface area contributed by atoms with Crippen molar-refractivity contribution < 1.29 is 38.2 Å². The Hall–Kier alpha value is -2.73. The van der Waals surface area contributed by atoms with Crippen LogP contribution in [0.15, 0.2) is 0 Å². The summed E-state index contributed by atoms with van der Waals surface area (Å²) in [5.74, 6) is -0.549. The normalized spacial score (nSPS) is 11.6. The second kappa shape index (κ2) is 74.5. The van der Waals surface area contributed by atoms with Gasteiger partial charge in [0.25, 0.3) is 0 Å². The van der Waals surface area contributed by atoms with Gasteiger partial charge in [-0.25, -0.2) is 0 Å². The summed E-state index contributed by atoms with van der Waals surface area (Å²) in [4.78, 5) is 67.1. The zero-order valence-corrected chi connectivity index (χ0v) is 63.5. The van der Waals surface area contributed by atoms with Gasteiger partial charge in [-0.2, -0.15) is 0 Å². The smallest absolute Gasteiger partial charge is 0.306 e. The fourth-order valence-electron chi connectivity index (χ4n) is 13.1. The van der Waals surface area contributed by atoms with E-state index in [1.807, 2.05) is 0 Å². The van der Waals surface area contributed by atoms with Crippen LogP contribution >= 0.6 is 0 Å². The molecule has 0 aromatic heterocycles. The molecule has 0 heterocycles. The number of esters is 3. The highest BCUT2D eigenvalue weighted by atomic mass is 16.6. The standard InChI is InChI=1S/C82H160N4O8/c1-7-13-19-25-34-46-58-75(59-47-35-26-20-14-8-2)92-80(89)64-52-40-31-43-55-67-83-68-69-84-78(87)74-79(88)85-70-73-86(71-56-44-32-41-53-65-81(90)93-76(60-48-36-27-21-15-9-3)61-49-37-28-22-16-10-4)72-57-45-33-42-54-66-82(91)94-77(62-50-38-29-23-17-11-5)63-51-39-30-24-18-12-6/h75-77,83H,7-74H2,1-6H3,(H,84,87)(H,85,88). The van der Waals surface area contributed by atoms with E-state index in [1.165, 1.54) is 193 Å². The van der Waals surface area contributed by atoms with Gasteiger partial charge in [0.05, 0.1) is 0 Å². The molecule has 0 spiro atoms. The summed E-state index contributed by atoms with van der Waals surface area (Å²) in [6.07, 6.45) is 68.4. The minimum atomic E-state index is -0.255. The van der Waals surface area contributed by atoms with Crippen molar-refractivity contribution in [2.45, 2.75) is 452 Å². The molecule has 0 saturated carbocycles. The van der Waals surface area contributed by atoms with Gasteiger partial charge in [-0.1, -0.05) is 292 Å². The molecular formula is C82H160N4O8. The SMILES string of the molecule is CCCCCCCCC(CCCCCCCC)OC(=O)CCCCCCCNCCNC(=O)CC(=O)NCCN(CCCCCCCC(=O)OC(CCCCCCCC)CCCCCCCC)CCCCCCCC(=O)OC(CCCCCCCC)CCCCCCCC. The highest BCUT2D eigenvalue weighted by Gasteiger charge is 2.18. The van der Waals surface area contributed by atoms with Gasteiger partial charge in [0.2, 0.25) is 11.8 Å². The fraction of sp³-hybridized carbons (Fsp3) is 0.939. The average Bonchev–Trinajstić information content (AvgIpc) is 3.76. The minimum Gasteiger partial charge on any atom is -0.462 e. The first-order valence-electron chi connectivity index (χ1n) is 41.7. The molecular weight excluding hydrogens is 1170 g/mol. The van der Waals surface area contributed by atoms with Gasteiger partial charge < -0.3 is 35.1 Å². The summed E-state index contributed by atoms with van der Waals surface area (Å²) >= 11 is 0. The summed E-state index contributed by atoms with van der Waals surface area (Å²) in [5.41, 5.74) is 0. The van der Waals surface area contributed by atoms with E-state index < -0.39 is 0 Å². The zero-order chi connectivity index (χ0) is 68.5. The van der Waals surface area contributed by atoms with Crippen LogP contribution in [0.25, 0.3) is 0 Å².